The van der Waals surface area contributed by atoms with Gasteiger partial charge in [-0.2, -0.15) is 0 Å². The molecule has 5 aliphatic rings. The van der Waals surface area contributed by atoms with Crippen LogP contribution in [0, 0.1) is 5.92 Å². The van der Waals surface area contributed by atoms with Crippen molar-refractivity contribution in [3.05, 3.63) is 23.3 Å². The molecule has 3 aliphatic carbocycles. The standard InChI is InChI=1S/C21H25NO4/c1-22(11-12-2-3-12)9-8-20-17-13-4-5-14(23)18(17)26-19(20)15(24)6-7-21(20,25)16(22)10-13/h4-5,12,16,19,25H,2-3,6-11H2,1H3/p+1/t16-,19+,20?,21-,22-/m1/s1. The Kier molecular flexibility index (Phi) is 2.65. The van der Waals surface area contributed by atoms with Crippen LogP contribution in [-0.2, 0) is 16.6 Å². The zero-order valence-corrected chi connectivity index (χ0v) is 15.2. The molecule has 26 heavy (non-hydrogen) atoms. The van der Waals surface area contributed by atoms with E-state index in [9.17, 15) is 15.0 Å². The highest BCUT2D eigenvalue weighted by atomic mass is 16.5. The second kappa shape index (κ2) is 4.45. The van der Waals surface area contributed by atoms with Crippen LogP contribution in [0.2, 0.25) is 0 Å². The normalized spacial score (nSPS) is 45.2. The van der Waals surface area contributed by atoms with Gasteiger partial charge in [0.1, 0.15) is 11.6 Å². The second-order valence-corrected chi connectivity index (χ2v) is 9.61. The van der Waals surface area contributed by atoms with Gasteiger partial charge in [-0.15, -0.1) is 0 Å². The number of aliphatic hydroxyl groups is 1. The van der Waals surface area contributed by atoms with E-state index in [2.05, 4.69) is 7.05 Å². The third-order valence-corrected chi connectivity index (χ3v) is 8.28. The molecule has 0 radical (unpaired) electrons. The van der Waals surface area contributed by atoms with Crippen molar-refractivity contribution in [2.75, 3.05) is 20.1 Å². The number of piperidine rings is 1. The summed E-state index contributed by atoms with van der Waals surface area (Å²) in [5.74, 6) is 1.42. The van der Waals surface area contributed by atoms with Crippen molar-refractivity contribution in [1.82, 2.24) is 0 Å². The van der Waals surface area contributed by atoms with Crippen LogP contribution in [0.15, 0.2) is 12.1 Å². The number of quaternary nitrogens is 1. The molecule has 5 atom stereocenters. The molecule has 3 fully saturated rings. The summed E-state index contributed by atoms with van der Waals surface area (Å²) in [5, 5.41) is 22.5. The van der Waals surface area contributed by atoms with Crippen LogP contribution in [0.4, 0.5) is 0 Å². The predicted octanol–water partition coefficient (Wildman–Crippen LogP) is 1.67. The molecule has 1 spiro atoms. The highest BCUT2D eigenvalue weighted by Gasteiger charge is 2.76. The number of Topliss-reactive ketones (excluding diaryl/α,β-unsaturated/α-hetero) is 1. The van der Waals surface area contributed by atoms with Gasteiger partial charge >= 0.3 is 0 Å². The van der Waals surface area contributed by atoms with Crippen molar-refractivity contribution in [3.63, 3.8) is 0 Å². The van der Waals surface area contributed by atoms with Crippen LogP contribution < -0.4 is 4.74 Å². The summed E-state index contributed by atoms with van der Waals surface area (Å²) in [7, 11) is 2.31. The zero-order chi connectivity index (χ0) is 17.9. The molecule has 2 heterocycles. The summed E-state index contributed by atoms with van der Waals surface area (Å²) in [5.41, 5.74) is 0.492. The minimum Gasteiger partial charge on any atom is -0.504 e. The Labute approximate surface area is 153 Å². The largest absolute Gasteiger partial charge is 0.504 e. The molecule has 5 nitrogen and oxygen atoms in total. The summed E-state index contributed by atoms with van der Waals surface area (Å²) in [6.45, 7) is 2.09. The fourth-order valence-corrected chi connectivity index (χ4v) is 6.94. The molecule has 5 heteroatoms. The Hall–Kier alpha value is -1.59. The summed E-state index contributed by atoms with van der Waals surface area (Å²) in [4.78, 5) is 12.8. The van der Waals surface area contributed by atoms with Crippen LogP contribution in [0.25, 0.3) is 0 Å². The van der Waals surface area contributed by atoms with E-state index in [1.165, 1.54) is 12.8 Å². The Morgan fingerprint density at radius 2 is 2.12 bits per heavy atom. The lowest BCUT2D eigenvalue weighted by Crippen LogP contribution is -2.80. The number of likely N-dealkylation sites (N-methyl/N-ethyl adjacent to an activating group) is 1. The van der Waals surface area contributed by atoms with Gasteiger partial charge in [0, 0.05) is 30.7 Å². The van der Waals surface area contributed by atoms with E-state index in [0.717, 1.165) is 47.5 Å². The highest BCUT2D eigenvalue weighted by molar-refractivity contribution is 5.90. The quantitative estimate of drug-likeness (QED) is 0.791. The van der Waals surface area contributed by atoms with Crippen LogP contribution in [0.3, 0.4) is 0 Å². The van der Waals surface area contributed by atoms with E-state index in [1.807, 2.05) is 6.07 Å². The zero-order valence-electron chi connectivity index (χ0n) is 15.2. The molecule has 1 aromatic rings. The van der Waals surface area contributed by atoms with Gasteiger partial charge in [-0.1, -0.05) is 6.07 Å². The first-order chi connectivity index (χ1) is 12.4. The molecule has 2 bridgehead atoms. The third-order valence-electron chi connectivity index (χ3n) is 8.28. The number of benzene rings is 1. The van der Waals surface area contributed by atoms with Gasteiger partial charge in [0.05, 0.1) is 25.6 Å². The van der Waals surface area contributed by atoms with Gasteiger partial charge in [-0.25, -0.2) is 0 Å². The molecule has 1 saturated heterocycles. The summed E-state index contributed by atoms with van der Waals surface area (Å²) in [6.07, 6.45) is 4.42. The fourth-order valence-electron chi connectivity index (χ4n) is 6.94. The summed E-state index contributed by atoms with van der Waals surface area (Å²) in [6, 6.07) is 3.77. The molecule has 2 saturated carbocycles. The minimum atomic E-state index is -0.931. The molecule has 138 valence electrons. The number of ether oxygens (including phenoxy) is 1. The molecule has 0 aromatic heterocycles. The average molecular weight is 356 g/mol. The SMILES string of the molecule is C[N@+]1(CC2CC2)CCC23c4c5ccc(O)c4O[C@H]2C(=O)CC[C@@]3(O)[C@H]1C5. The number of nitrogens with zero attached hydrogens (tertiary/aromatic N) is 1. The molecular weight excluding hydrogens is 330 g/mol. The molecular formula is C21H26NO4+. The lowest BCUT2D eigenvalue weighted by molar-refractivity contribution is -0.950. The average Bonchev–Trinajstić information content (AvgIpc) is 3.32. The number of carbonyl (C=O) groups excluding carboxylic acids is 1. The number of aromatic hydroxyl groups is 1. The molecule has 2 aliphatic heterocycles. The van der Waals surface area contributed by atoms with E-state index in [0.29, 0.717) is 18.6 Å². The number of phenols is 1. The first kappa shape index (κ1) is 15.5. The van der Waals surface area contributed by atoms with Gasteiger partial charge in [0.2, 0.25) is 0 Å². The minimum absolute atomic E-state index is 0.0789. The van der Waals surface area contributed by atoms with Crippen LogP contribution in [0.1, 0.15) is 43.2 Å². The van der Waals surface area contributed by atoms with Crippen LogP contribution in [-0.4, -0.2) is 58.4 Å². The van der Waals surface area contributed by atoms with Crippen molar-refractivity contribution >= 4 is 5.78 Å². The number of phenolic OH excluding ortho intramolecular Hbond substituents is 1. The van der Waals surface area contributed by atoms with E-state index in [1.54, 1.807) is 6.07 Å². The topological polar surface area (TPSA) is 66.8 Å². The van der Waals surface area contributed by atoms with Gasteiger partial charge in [-0.05, 0) is 30.9 Å². The van der Waals surface area contributed by atoms with Gasteiger partial charge in [0.15, 0.2) is 23.4 Å². The first-order valence-electron chi connectivity index (χ1n) is 10.0. The molecule has 1 unspecified atom stereocenters. The number of ketones is 1. The lowest BCUT2D eigenvalue weighted by atomic mass is 9.48. The smallest absolute Gasteiger partial charge is 0.174 e. The Balaban J connectivity index is 1.60. The third kappa shape index (κ3) is 1.55. The first-order valence-corrected chi connectivity index (χ1v) is 10.0. The maximum Gasteiger partial charge on any atom is 0.174 e. The maximum absolute atomic E-state index is 12.8. The number of rotatable bonds is 2. The van der Waals surface area contributed by atoms with Gasteiger partial charge in [-0.3, -0.25) is 4.79 Å². The maximum atomic E-state index is 12.8. The number of hydrogen-bond acceptors (Lipinski definition) is 4. The molecule has 1 aromatic carbocycles. The number of hydrogen-bond donors (Lipinski definition) is 2. The molecule has 2 N–H and O–H groups in total. The lowest BCUT2D eigenvalue weighted by Gasteiger charge is -2.64. The van der Waals surface area contributed by atoms with Crippen molar-refractivity contribution < 1.29 is 24.2 Å². The Morgan fingerprint density at radius 3 is 2.88 bits per heavy atom. The highest BCUT2D eigenvalue weighted by Crippen LogP contribution is 2.65. The predicted molar refractivity (Wildman–Crippen MR) is 94.1 cm³/mol. The van der Waals surface area contributed by atoms with Gasteiger partial charge in [0.25, 0.3) is 0 Å². The number of carbonyl (C=O) groups is 1. The number of likely N-dealkylation sites (tertiary alicyclic amines) is 1. The van der Waals surface area contributed by atoms with Crippen LogP contribution >= 0.6 is 0 Å². The second-order valence-electron chi connectivity index (χ2n) is 9.61. The molecule has 6 rings (SSSR count). The van der Waals surface area contributed by atoms with E-state index in [4.69, 9.17) is 4.74 Å². The van der Waals surface area contributed by atoms with Crippen molar-refractivity contribution in [2.24, 2.45) is 5.92 Å². The monoisotopic (exact) mass is 356 g/mol. The van der Waals surface area contributed by atoms with Gasteiger partial charge < -0.3 is 19.4 Å². The molecule has 0 amide bonds. The van der Waals surface area contributed by atoms with E-state index in [-0.39, 0.29) is 17.6 Å². The fraction of sp³-hybridized carbons (Fsp3) is 0.667. The summed E-state index contributed by atoms with van der Waals surface area (Å²) >= 11 is 0. The van der Waals surface area contributed by atoms with E-state index >= 15 is 0 Å². The van der Waals surface area contributed by atoms with E-state index < -0.39 is 17.1 Å². The Morgan fingerprint density at radius 1 is 1.31 bits per heavy atom. The van der Waals surface area contributed by atoms with Crippen molar-refractivity contribution in [2.45, 2.75) is 61.7 Å². The Bertz CT molecular complexity index is 849. The summed E-state index contributed by atoms with van der Waals surface area (Å²) < 4.78 is 6.98. The van der Waals surface area contributed by atoms with Crippen molar-refractivity contribution in [1.29, 1.82) is 0 Å². The van der Waals surface area contributed by atoms with Crippen LogP contribution in [0.5, 0.6) is 11.5 Å². The van der Waals surface area contributed by atoms with Crippen molar-refractivity contribution in [3.8, 4) is 11.5 Å².